The van der Waals surface area contributed by atoms with E-state index in [1.165, 1.54) is 6.08 Å². The molecule has 10 heteroatoms. The molecule has 0 spiro atoms. The van der Waals surface area contributed by atoms with Gasteiger partial charge in [0.2, 0.25) is 12.1 Å². The number of carbonyl (C=O) groups is 2. The maximum atomic E-state index is 13.0. The molecule has 9 nitrogen and oxygen atoms in total. The highest BCUT2D eigenvalue weighted by Gasteiger charge is 2.38. The Balaban J connectivity index is 1.39. The Morgan fingerprint density at radius 3 is 2.58 bits per heavy atom. The minimum atomic E-state index is -0.766. The van der Waals surface area contributed by atoms with Gasteiger partial charge in [0.25, 0.3) is 0 Å². The summed E-state index contributed by atoms with van der Waals surface area (Å²) >= 11 is 6.15. The molecular weight excluding hydrogens is 444 g/mol. The van der Waals surface area contributed by atoms with Gasteiger partial charge in [0.05, 0.1) is 17.8 Å². The zero-order chi connectivity index (χ0) is 22.9. The summed E-state index contributed by atoms with van der Waals surface area (Å²) in [5.74, 6) is 0.487. The first-order valence-corrected chi connectivity index (χ1v) is 10.9. The summed E-state index contributed by atoms with van der Waals surface area (Å²) in [6, 6.07) is 9.35. The number of benzene rings is 1. The summed E-state index contributed by atoms with van der Waals surface area (Å²) in [6.45, 7) is 5.53. The molecule has 168 valence electrons. The van der Waals surface area contributed by atoms with E-state index in [0.717, 1.165) is 16.6 Å². The van der Waals surface area contributed by atoms with Crippen LogP contribution in [0.3, 0.4) is 0 Å². The molecule has 0 saturated carbocycles. The molecule has 1 unspecified atom stereocenters. The zero-order valence-electron chi connectivity index (χ0n) is 17.7. The lowest BCUT2D eigenvalue weighted by molar-refractivity contribution is -0.127. The van der Waals surface area contributed by atoms with Crippen LogP contribution in [0.2, 0.25) is 5.02 Å². The number of nitrogens with zero attached hydrogens (tertiary/aromatic N) is 6. The molecule has 4 heterocycles. The lowest BCUT2D eigenvalue weighted by Crippen LogP contribution is -2.50. The van der Waals surface area contributed by atoms with Gasteiger partial charge in [-0.1, -0.05) is 24.2 Å². The fraction of sp³-hybridized carbons (Fsp3) is 0.261. The van der Waals surface area contributed by atoms with Crippen molar-refractivity contribution in [1.82, 2.24) is 24.8 Å². The van der Waals surface area contributed by atoms with E-state index in [-0.39, 0.29) is 5.91 Å². The summed E-state index contributed by atoms with van der Waals surface area (Å²) in [7, 11) is 0. The maximum absolute atomic E-state index is 13.0. The molecule has 2 aromatic heterocycles. The number of fused-ring (bicyclic) bond motifs is 2. The van der Waals surface area contributed by atoms with Gasteiger partial charge in [-0.05, 0) is 30.3 Å². The Labute approximate surface area is 195 Å². The number of pyridine rings is 1. The smallest absolute Gasteiger partial charge is 0.412 e. The van der Waals surface area contributed by atoms with Crippen molar-refractivity contribution >= 4 is 40.3 Å². The Bertz CT molecular complexity index is 1240. The topological polar surface area (TPSA) is 91.8 Å². The maximum Gasteiger partial charge on any atom is 0.412 e. The van der Waals surface area contributed by atoms with Crippen LogP contribution in [0.1, 0.15) is 17.6 Å². The van der Waals surface area contributed by atoms with Crippen LogP contribution in [0.15, 0.2) is 55.4 Å². The number of carbonyl (C=O) groups excluding carboxylic acids is 2. The van der Waals surface area contributed by atoms with Crippen molar-refractivity contribution in [2.75, 3.05) is 31.1 Å². The van der Waals surface area contributed by atoms with Gasteiger partial charge in [-0.25, -0.2) is 9.78 Å². The van der Waals surface area contributed by atoms with E-state index in [0.29, 0.717) is 49.3 Å². The Morgan fingerprint density at radius 2 is 1.79 bits per heavy atom. The monoisotopic (exact) mass is 464 g/mol. The van der Waals surface area contributed by atoms with E-state index in [1.54, 1.807) is 28.3 Å². The minimum absolute atomic E-state index is 0.142. The molecule has 5 rings (SSSR count). The van der Waals surface area contributed by atoms with Gasteiger partial charge < -0.3 is 19.4 Å². The number of aromatic nitrogens is 3. The van der Waals surface area contributed by atoms with Crippen LogP contribution >= 0.6 is 11.6 Å². The van der Waals surface area contributed by atoms with Gasteiger partial charge in [0, 0.05) is 49.0 Å². The molecule has 0 N–H and O–H groups in total. The molecule has 1 fully saturated rings. The Kier molecular flexibility index (Phi) is 5.55. The average Bonchev–Trinajstić information content (AvgIpc) is 3.21. The summed E-state index contributed by atoms with van der Waals surface area (Å²) < 4.78 is 5.92. The van der Waals surface area contributed by atoms with Crippen molar-refractivity contribution in [2.24, 2.45) is 0 Å². The molecule has 1 atom stereocenters. The molecule has 2 amide bonds. The fourth-order valence-corrected chi connectivity index (χ4v) is 4.23. The average molecular weight is 465 g/mol. The Hall–Kier alpha value is -3.72. The zero-order valence-corrected chi connectivity index (χ0v) is 18.5. The van der Waals surface area contributed by atoms with Gasteiger partial charge >= 0.3 is 6.09 Å². The first kappa shape index (κ1) is 21.1. The predicted octanol–water partition coefficient (Wildman–Crippen LogP) is 3.16. The van der Waals surface area contributed by atoms with Crippen molar-refractivity contribution in [2.45, 2.75) is 12.8 Å². The van der Waals surface area contributed by atoms with E-state index < -0.39 is 12.3 Å². The van der Waals surface area contributed by atoms with Crippen LogP contribution in [-0.4, -0.2) is 62.9 Å². The second kappa shape index (κ2) is 8.67. The van der Waals surface area contributed by atoms with E-state index in [1.807, 2.05) is 29.2 Å². The van der Waals surface area contributed by atoms with Gasteiger partial charge in [0.15, 0.2) is 0 Å². The third-order valence-electron chi connectivity index (χ3n) is 5.81. The van der Waals surface area contributed by atoms with Gasteiger partial charge in [-0.3, -0.25) is 14.8 Å². The van der Waals surface area contributed by atoms with Gasteiger partial charge in [-0.2, -0.15) is 0 Å². The molecule has 0 aliphatic carbocycles. The van der Waals surface area contributed by atoms with Crippen molar-refractivity contribution in [3.05, 3.63) is 71.8 Å². The van der Waals surface area contributed by atoms with Crippen LogP contribution in [0.4, 0.5) is 10.6 Å². The molecule has 2 aliphatic heterocycles. The predicted molar refractivity (Wildman–Crippen MR) is 123 cm³/mol. The van der Waals surface area contributed by atoms with Crippen molar-refractivity contribution in [3.8, 4) is 0 Å². The molecule has 0 radical (unpaired) electrons. The summed E-state index contributed by atoms with van der Waals surface area (Å²) in [6.07, 6.45) is 3.24. The van der Waals surface area contributed by atoms with Crippen molar-refractivity contribution in [3.63, 3.8) is 0 Å². The van der Waals surface area contributed by atoms with E-state index in [4.69, 9.17) is 21.3 Å². The van der Waals surface area contributed by atoms with Gasteiger partial charge in [0.1, 0.15) is 11.5 Å². The van der Waals surface area contributed by atoms with E-state index in [9.17, 15) is 9.59 Å². The number of halogens is 1. The quantitative estimate of drug-likeness (QED) is 0.550. The molecule has 1 aromatic carbocycles. The van der Waals surface area contributed by atoms with E-state index in [2.05, 4.69) is 16.5 Å². The number of rotatable bonds is 3. The molecule has 2 aliphatic rings. The van der Waals surface area contributed by atoms with Crippen LogP contribution in [-0.2, 0) is 16.1 Å². The highest BCUT2D eigenvalue weighted by atomic mass is 35.5. The second-order valence-electron chi connectivity index (χ2n) is 7.78. The molecular formula is C23H21ClN6O3. The van der Waals surface area contributed by atoms with Crippen LogP contribution in [0, 0.1) is 0 Å². The lowest BCUT2D eigenvalue weighted by atomic mass is 10.2. The highest BCUT2D eigenvalue weighted by Crippen LogP contribution is 2.36. The number of amides is 2. The van der Waals surface area contributed by atoms with Crippen molar-refractivity contribution in [1.29, 1.82) is 0 Å². The third-order valence-corrected chi connectivity index (χ3v) is 6.05. The fourth-order valence-electron chi connectivity index (χ4n) is 4.07. The van der Waals surface area contributed by atoms with Crippen molar-refractivity contribution < 1.29 is 14.3 Å². The summed E-state index contributed by atoms with van der Waals surface area (Å²) in [5.41, 5.74) is 2.05. The summed E-state index contributed by atoms with van der Waals surface area (Å²) in [5, 5.41) is 1.55. The molecule has 3 aromatic rings. The molecule has 1 saturated heterocycles. The van der Waals surface area contributed by atoms with Crippen LogP contribution < -0.4 is 4.90 Å². The largest absolute Gasteiger partial charge is 0.419 e. The van der Waals surface area contributed by atoms with Gasteiger partial charge in [-0.15, -0.1) is 0 Å². The normalized spacial score (nSPS) is 17.7. The van der Waals surface area contributed by atoms with Crippen LogP contribution in [0.5, 0.6) is 0 Å². The standard InChI is InChI=1S/C23H21ClN6O3/c1-2-20(31)28-9-11-29(12-10-28)23(32)33-22-21-18(25-7-8-26-21)14-30(22)19-6-4-15-3-5-16(24)13-17(15)27-19/h2-8,13,22H,1,9-12,14H2. The first-order valence-electron chi connectivity index (χ1n) is 10.5. The third kappa shape index (κ3) is 4.07. The highest BCUT2D eigenvalue weighted by molar-refractivity contribution is 6.31. The lowest BCUT2D eigenvalue weighted by Gasteiger charge is -2.35. The summed E-state index contributed by atoms with van der Waals surface area (Å²) in [4.78, 5) is 43.5. The number of hydrogen-bond acceptors (Lipinski definition) is 7. The molecule has 33 heavy (non-hydrogen) atoms. The minimum Gasteiger partial charge on any atom is -0.419 e. The number of ether oxygens (including phenoxy) is 1. The number of piperazine rings is 1. The van der Waals surface area contributed by atoms with E-state index >= 15 is 0 Å². The Morgan fingerprint density at radius 1 is 1.06 bits per heavy atom. The second-order valence-corrected chi connectivity index (χ2v) is 8.21. The number of anilines is 1. The SMILES string of the molecule is C=CC(=O)N1CCN(C(=O)OC2c3nccnc3CN2c2ccc3ccc(Cl)cc3n2)CC1. The molecule has 0 bridgehead atoms. The van der Waals surface area contributed by atoms with Crippen LogP contribution in [0.25, 0.3) is 10.9 Å². The first-order chi connectivity index (χ1) is 16.0. The number of hydrogen-bond donors (Lipinski definition) is 0.